The molecule has 0 unspecified atom stereocenters. The molecule has 4 rings (SSSR count). The largest absolute Gasteiger partial charge is 0.497 e. The SMILES string of the molecule is COc1ccc(/C=N/N(C(=O)/C=C/c2ccccc2Cl)c2nc3ccc(Br)cc3s2)cc1. The van der Waals surface area contributed by atoms with Crippen molar-refractivity contribution in [1.29, 1.82) is 0 Å². The first-order valence-corrected chi connectivity index (χ1v) is 11.5. The summed E-state index contributed by atoms with van der Waals surface area (Å²) in [6.45, 7) is 0. The summed E-state index contributed by atoms with van der Waals surface area (Å²) in [7, 11) is 1.61. The van der Waals surface area contributed by atoms with E-state index in [1.807, 2.05) is 60.7 Å². The molecule has 32 heavy (non-hydrogen) atoms. The number of carbonyl (C=O) groups excluding carboxylic acids is 1. The van der Waals surface area contributed by atoms with E-state index in [-0.39, 0.29) is 5.91 Å². The van der Waals surface area contributed by atoms with Crippen LogP contribution in [0, 0.1) is 0 Å². The number of anilines is 1. The van der Waals surface area contributed by atoms with Crippen molar-refractivity contribution in [3.63, 3.8) is 0 Å². The second kappa shape index (κ2) is 10.1. The molecule has 0 spiro atoms. The van der Waals surface area contributed by atoms with Gasteiger partial charge < -0.3 is 4.74 Å². The van der Waals surface area contributed by atoms with Crippen molar-refractivity contribution in [3.8, 4) is 5.75 Å². The zero-order valence-electron chi connectivity index (χ0n) is 16.9. The van der Waals surface area contributed by atoms with Crippen LogP contribution < -0.4 is 9.75 Å². The minimum absolute atomic E-state index is 0.340. The Morgan fingerprint density at radius 2 is 1.94 bits per heavy atom. The van der Waals surface area contributed by atoms with Gasteiger partial charge in [-0.15, -0.1) is 0 Å². The lowest BCUT2D eigenvalue weighted by atomic mass is 10.2. The van der Waals surface area contributed by atoms with Gasteiger partial charge in [0.15, 0.2) is 0 Å². The number of nitrogens with zero attached hydrogens (tertiary/aromatic N) is 3. The number of hydrazone groups is 1. The summed E-state index contributed by atoms with van der Waals surface area (Å²) in [4.78, 5) is 17.7. The Hall–Kier alpha value is -3.00. The van der Waals surface area contributed by atoms with Gasteiger partial charge in [-0.25, -0.2) is 4.98 Å². The topological polar surface area (TPSA) is 54.8 Å². The van der Waals surface area contributed by atoms with Crippen molar-refractivity contribution in [2.45, 2.75) is 0 Å². The number of methoxy groups -OCH3 is 1. The number of carbonyl (C=O) groups is 1. The zero-order valence-corrected chi connectivity index (χ0v) is 20.1. The van der Waals surface area contributed by atoms with Gasteiger partial charge in [-0.3, -0.25) is 4.79 Å². The van der Waals surface area contributed by atoms with E-state index < -0.39 is 0 Å². The van der Waals surface area contributed by atoms with E-state index in [1.165, 1.54) is 22.4 Å². The van der Waals surface area contributed by atoms with E-state index in [2.05, 4.69) is 26.0 Å². The van der Waals surface area contributed by atoms with E-state index in [4.69, 9.17) is 16.3 Å². The molecule has 5 nitrogen and oxygen atoms in total. The number of thiazole rings is 1. The summed E-state index contributed by atoms with van der Waals surface area (Å²) in [5, 5.41) is 6.76. The minimum atomic E-state index is -0.340. The van der Waals surface area contributed by atoms with E-state index in [1.54, 1.807) is 25.5 Å². The standard InChI is InChI=1S/C24H17BrClN3O2S/c1-31-19-10-6-16(7-11-19)15-27-29(23(30)13-8-17-4-2-3-5-20(17)26)24-28-21-12-9-18(25)14-22(21)32-24/h2-15H,1H3/b13-8+,27-15+. The molecule has 1 heterocycles. The fraction of sp³-hybridized carbons (Fsp3) is 0.0417. The second-order valence-corrected chi connectivity index (χ2v) is 8.96. The first-order valence-electron chi connectivity index (χ1n) is 9.54. The molecule has 4 aromatic rings. The fourth-order valence-electron chi connectivity index (χ4n) is 2.83. The lowest BCUT2D eigenvalue weighted by molar-refractivity contribution is -0.114. The molecule has 160 valence electrons. The monoisotopic (exact) mass is 525 g/mol. The van der Waals surface area contributed by atoms with E-state index in [0.29, 0.717) is 10.2 Å². The van der Waals surface area contributed by atoms with Crippen LogP contribution in [0.3, 0.4) is 0 Å². The number of aromatic nitrogens is 1. The van der Waals surface area contributed by atoms with Gasteiger partial charge >= 0.3 is 0 Å². The molecule has 0 aliphatic rings. The van der Waals surface area contributed by atoms with Crippen molar-refractivity contribution < 1.29 is 9.53 Å². The highest BCUT2D eigenvalue weighted by Gasteiger charge is 2.17. The molecule has 1 aromatic heterocycles. The van der Waals surface area contributed by atoms with Crippen molar-refractivity contribution in [3.05, 3.63) is 93.4 Å². The third-order valence-electron chi connectivity index (χ3n) is 4.48. The maximum atomic E-state index is 13.1. The lowest BCUT2D eigenvalue weighted by Gasteiger charge is -2.11. The van der Waals surface area contributed by atoms with Gasteiger partial charge in [0.2, 0.25) is 5.13 Å². The maximum absolute atomic E-state index is 13.1. The van der Waals surface area contributed by atoms with Crippen LogP contribution in [0.15, 0.2) is 82.4 Å². The fourth-order valence-corrected chi connectivity index (χ4v) is 4.51. The van der Waals surface area contributed by atoms with Crippen molar-refractivity contribution in [1.82, 2.24) is 4.98 Å². The molecule has 0 aliphatic heterocycles. The highest BCUT2D eigenvalue weighted by Crippen LogP contribution is 2.31. The smallest absolute Gasteiger partial charge is 0.273 e. The quantitative estimate of drug-likeness (QED) is 0.158. The summed E-state index contributed by atoms with van der Waals surface area (Å²) < 4.78 is 7.08. The molecule has 0 aliphatic carbocycles. The number of benzene rings is 3. The summed E-state index contributed by atoms with van der Waals surface area (Å²) in [6.07, 6.45) is 4.72. The van der Waals surface area contributed by atoms with Crippen molar-refractivity contribution in [2.24, 2.45) is 5.10 Å². The number of halogens is 2. The van der Waals surface area contributed by atoms with Gasteiger partial charge in [0.1, 0.15) is 5.75 Å². The summed E-state index contributed by atoms with van der Waals surface area (Å²) in [5.41, 5.74) is 2.36. The molecule has 0 fully saturated rings. The molecule has 3 aromatic carbocycles. The molecule has 0 saturated carbocycles. The molecular weight excluding hydrogens is 510 g/mol. The van der Waals surface area contributed by atoms with Crippen LogP contribution in [0.1, 0.15) is 11.1 Å². The highest BCUT2D eigenvalue weighted by atomic mass is 79.9. The third kappa shape index (κ3) is 5.24. The number of rotatable bonds is 6. The van der Waals surface area contributed by atoms with Crippen molar-refractivity contribution in [2.75, 3.05) is 12.1 Å². The first kappa shape index (κ1) is 22.2. The predicted molar refractivity (Wildman–Crippen MR) is 136 cm³/mol. The number of amides is 1. The molecule has 0 radical (unpaired) electrons. The Bertz CT molecular complexity index is 1320. The van der Waals surface area contributed by atoms with Crippen molar-refractivity contribution >= 4 is 72.4 Å². The van der Waals surface area contributed by atoms with Crippen LogP contribution in [0.5, 0.6) is 5.75 Å². The second-order valence-electron chi connectivity index (χ2n) is 6.63. The molecule has 1 amide bonds. The van der Waals surface area contributed by atoms with E-state index in [9.17, 15) is 4.79 Å². The number of hydrogen-bond acceptors (Lipinski definition) is 5. The van der Waals surface area contributed by atoms with Crippen LogP contribution in [0.2, 0.25) is 5.02 Å². The Morgan fingerprint density at radius 3 is 2.69 bits per heavy atom. The van der Waals surface area contributed by atoms with Gasteiger partial charge in [-0.2, -0.15) is 10.1 Å². The Balaban J connectivity index is 1.68. The highest BCUT2D eigenvalue weighted by molar-refractivity contribution is 9.10. The number of ether oxygens (including phenoxy) is 1. The molecule has 0 N–H and O–H groups in total. The average Bonchev–Trinajstić information content (AvgIpc) is 3.21. The maximum Gasteiger partial charge on any atom is 0.273 e. The molecular formula is C24H17BrClN3O2S. The number of hydrogen-bond donors (Lipinski definition) is 0. The normalized spacial score (nSPS) is 11.5. The van der Waals surface area contributed by atoms with Gasteiger partial charge in [-0.1, -0.05) is 57.1 Å². The summed E-state index contributed by atoms with van der Waals surface area (Å²) >= 11 is 11.1. The van der Waals surface area contributed by atoms with E-state index in [0.717, 1.165) is 31.6 Å². The minimum Gasteiger partial charge on any atom is -0.497 e. The molecule has 0 atom stereocenters. The van der Waals surface area contributed by atoms with Gasteiger partial charge in [0, 0.05) is 15.6 Å². The van der Waals surface area contributed by atoms with Crippen LogP contribution in [-0.2, 0) is 4.79 Å². The van der Waals surface area contributed by atoms with Crippen LogP contribution in [-0.4, -0.2) is 24.2 Å². The number of fused-ring (bicyclic) bond motifs is 1. The Labute approximate surface area is 202 Å². The van der Waals surface area contributed by atoms with Gasteiger partial charge in [0.25, 0.3) is 5.91 Å². The zero-order chi connectivity index (χ0) is 22.5. The Morgan fingerprint density at radius 1 is 1.16 bits per heavy atom. The van der Waals surface area contributed by atoms with E-state index >= 15 is 0 Å². The lowest BCUT2D eigenvalue weighted by Crippen LogP contribution is -2.23. The molecule has 8 heteroatoms. The summed E-state index contributed by atoms with van der Waals surface area (Å²) in [5.74, 6) is 0.405. The van der Waals surface area contributed by atoms with Crippen LogP contribution in [0.4, 0.5) is 5.13 Å². The first-order chi connectivity index (χ1) is 15.5. The molecule has 0 bridgehead atoms. The predicted octanol–water partition coefficient (Wildman–Crippen LogP) is 6.80. The van der Waals surface area contributed by atoms with Crippen LogP contribution >= 0.6 is 38.9 Å². The van der Waals surface area contributed by atoms with Crippen LogP contribution in [0.25, 0.3) is 16.3 Å². The summed E-state index contributed by atoms with van der Waals surface area (Å²) in [6, 6.07) is 20.5. The average molecular weight is 527 g/mol. The third-order valence-corrected chi connectivity index (χ3v) is 6.31. The molecule has 0 saturated heterocycles. The Kier molecular flexibility index (Phi) is 6.99. The van der Waals surface area contributed by atoms with Gasteiger partial charge in [0.05, 0.1) is 23.5 Å². The van der Waals surface area contributed by atoms with Gasteiger partial charge in [-0.05, 0) is 65.7 Å².